The van der Waals surface area contributed by atoms with E-state index in [-0.39, 0.29) is 10.8 Å². The Balaban J connectivity index is 4.85. The van der Waals surface area contributed by atoms with Crippen LogP contribution in [0.3, 0.4) is 0 Å². The van der Waals surface area contributed by atoms with Crippen molar-refractivity contribution in [2.24, 2.45) is 0 Å². The molecule has 0 aromatic rings. The molecule has 0 amide bonds. The van der Waals surface area contributed by atoms with E-state index in [1.807, 2.05) is 0 Å². The summed E-state index contributed by atoms with van der Waals surface area (Å²) in [6, 6.07) is 0. The van der Waals surface area contributed by atoms with Gasteiger partial charge < -0.3 is 9.47 Å². The Labute approximate surface area is 147 Å². The largest absolute Gasteiger partial charge is 0.637 e. The summed E-state index contributed by atoms with van der Waals surface area (Å²) in [6.45, 7) is -3.72. The molecule has 17 heteroatoms. The normalized spacial score (nSPS) is 14.6. The molecule has 1 atom stereocenters. The fourth-order valence-electron chi connectivity index (χ4n) is 0.706. The van der Waals surface area contributed by atoms with Crippen LogP contribution in [0.5, 0.6) is 0 Å². The molecule has 0 saturated heterocycles. The smallest absolute Gasteiger partial charge is 0.333 e. The highest BCUT2D eigenvalue weighted by atomic mass is 35.6. The molecule has 0 aromatic carbocycles. The van der Waals surface area contributed by atoms with Crippen molar-refractivity contribution in [1.82, 2.24) is 0 Å². The lowest BCUT2D eigenvalue weighted by Crippen LogP contribution is -2.47. The molecular weight excluding hydrogens is 443 g/mol. The number of hydrogen-bond acceptors (Lipinski definition) is 8. The third-order valence-electron chi connectivity index (χ3n) is 1.57. The molecule has 0 aromatic heterocycles. The number of rotatable bonds is 9. The van der Waals surface area contributed by atoms with Crippen molar-refractivity contribution in [3.63, 3.8) is 0 Å². The average Bonchev–Trinajstić information content (AvgIpc) is 2.34. The van der Waals surface area contributed by atoms with E-state index in [2.05, 4.69) is 9.47 Å². The van der Waals surface area contributed by atoms with Gasteiger partial charge in [-0.2, -0.15) is 13.2 Å². The maximum Gasteiger partial charge on any atom is 0.637 e. The monoisotopic (exact) mass is 446 g/mol. The van der Waals surface area contributed by atoms with Gasteiger partial charge in [0.1, 0.15) is 16.5 Å². The standard InChI is InChI=1S/C6H5Cl3F4N2O6S2/c7-6(8,9)23-22-3(20-1-4(10,11)12)21-2-5(13,14(16)17)15(18)19/h3H,1-2H2. The van der Waals surface area contributed by atoms with Gasteiger partial charge in [-0.1, -0.05) is 39.2 Å². The van der Waals surface area contributed by atoms with Crippen LogP contribution < -0.4 is 0 Å². The van der Waals surface area contributed by atoms with Gasteiger partial charge in [0.2, 0.25) is 15.4 Å². The first kappa shape index (κ1) is 23.0. The van der Waals surface area contributed by atoms with Crippen LogP contribution in [0, 0.1) is 20.2 Å². The van der Waals surface area contributed by atoms with Crippen molar-refractivity contribution >= 4 is 56.4 Å². The summed E-state index contributed by atoms with van der Waals surface area (Å²) in [7, 11) is 0.491. The first-order valence-corrected chi connectivity index (χ1v) is 8.21. The van der Waals surface area contributed by atoms with Crippen molar-refractivity contribution in [3.8, 4) is 0 Å². The van der Waals surface area contributed by atoms with E-state index < -0.39 is 43.9 Å². The molecule has 0 aliphatic carbocycles. The van der Waals surface area contributed by atoms with E-state index in [0.29, 0.717) is 10.8 Å². The Kier molecular flexibility index (Phi) is 8.92. The van der Waals surface area contributed by atoms with Crippen molar-refractivity contribution in [2.75, 3.05) is 13.2 Å². The third kappa shape index (κ3) is 9.79. The Morgan fingerprint density at radius 2 is 1.43 bits per heavy atom. The maximum absolute atomic E-state index is 13.5. The van der Waals surface area contributed by atoms with Crippen LogP contribution in [-0.2, 0) is 9.47 Å². The van der Waals surface area contributed by atoms with Gasteiger partial charge in [0.25, 0.3) is 0 Å². The van der Waals surface area contributed by atoms with Crippen molar-refractivity contribution in [3.05, 3.63) is 20.2 Å². The van der Waals surface area contributed by atoms with Crippen LogP contribution >= 0.6 is 56.4 Å². The highest BCUT2D eigenvalue weighted by molar-refractivity contribution is 8.78. The molecule has 0 heterocycles. The van der Waals surface area contributed by atoms with Crippen LogP contribution in [0.4, 0.5) is 17.6 Å². The minimum atomic E-state index is -4.81. The number of nitro groups is 2. The summed E-state index contributed by atoms with van der Waals surface area (Å²) < 4.78 is 56.1. The van der Waals surface area contributed by atoms with E-state index in [4.69, 9.17) is 34.8 Å². The second-order valence-electron chi connectivity index (χ2n) is 3.38. The molecule has 0 rings (SSSR count). The molecular formula is C6H5Cl3F4N2O6S2. The van der Waals surface area contributed by atoms with Crippen molar-refractivity contribution in [2.45, 2.75) is 20.8 Å². The SMILES string of the molecule is O=[N+]([O-])C(F)(COC(OCC(F)(F)F)SSC(Cl)(Cl)Cl)[N+](=O)[O-]. The molecule has 136 valence electrons. The average molecular weight is 448 g/mol. The second-order valence-corrected chi connectivity index (χ2v) is 8.77. The Morgan fingerprint density at radius 3 is 1.78 bits per heavy atom. The van der Waals surface area contributed by atoms with E-state index in [0.717, 1.165) is 0 Å². The van der Waals surface area contributed by atoms with E-state index in [9.17, 15) is 37.8 Å². The number of hydrogen-bond donors (Lipinski definition) is 0. The number of alkyl halides is 7. The van der Waals surface area contributed by atoms with E-state index >= 15 is 0 Å². The lowest BCUT2D eigenvalue weighted by atomic mass is 10.5. The molecule has 0 aliphatic rings. The van der Waals surface area contributed by atoms with Gasteiger partial charge in [0, 0.05) is 0 Å². The lowest BCUT2D eigenvalue weighted by Gasteiger charge is -2.20. The van der Waals surface area contributed by atoms with E-state index in [1.54, 1.807) is 0 Å². The van der Waals surface area contributed by atoms with Crippen LogP contribution in [-0.4, -0.2) is 43.9 Å². The maximum atomic E-state index is 13.5. The van der Waals surface area contributed by atoms with Crippen LogP contribution in [0.2, 0.25) is 0 Å². The fraction of sp³-hybridized carbons (Fsp3) is 1.00. The van der Waals surface area contributed by atoms with Crippen LogP contribution in [0.25, 0.3) is 0 Å². The Hall–Kier alpha value is 0.01000. The molecule has 0 spiro atoms. The van der Waals surface area contributed by atoms with Gasteiger partial charge in [-0.15, -0.1) is 0 Å². The molecule has 0 bridgehead atoms. The molecule has 0 radical (unpaired) electrons. The topological polar surface area (TPSA) is 105 Å². The highest BCUT2D eigenvalue weighted by Crippen LogP contribution is 2.48. The van der Waals surface area contributed by atoms with Gasteiger partial charge in [-0.05, 0) is 21.6 Å². The minimum absolute atomic E-state index is 0.198. The zero-order valence-electron chi connectivity index (χ0n) is 10.3. The summed E-state index contributed by atoms with van der Waals surface area (Å²) in [6.07, 6.45) is -4.81. The summed E-state index contributed by atoms with van der Waals surface area (Å²) in [5, 5.41) is 20.6. The molecule has 8 nitrogen and oxygen atoms in total. The summed E-state index contributed by atoms with van der Waals surface area (Å²) in [4.78, 5) is 16.8. The summed E-state index contributed by atoms with van der Waals surface area (Å²) >= 11 is 15.9. The lowest BCUT2D eigenvalue weighted by molar-refractivity contribution is -0.833. The molecule has 0 fully saturated rings. The van der Waals surface area contributed by atoms with Gasteiger partial charge in [0.05, 0.1) is 0 Å². The molecule has 23 heavy (non-hydrogen) atoms. The Bertz CT molecular complexity index is 408. The summed E-state index contributed by atoms with van der Waals surface area (Å²) in [5.41, 5.74) is -2.03. The summed E-state index contributed by atoms with van der Waals surface area (Å²) in [5.74, 6) is -4.27. The Morgan fingerprint density at radius 1 is 1.00 bits per heavy atom. The minimum Gasteiger partial charge on any atom is -0.333 e. The molecule has 1 unspecified atom stereocenters. The zero-order valence-corrected chi connectivity index (χ0v) is 14.2. The van der Waals surface area contributed by atoms with Crippen LogP contribution in [0.15, 0.2) is 0 Å². The first-order valence-electron chi connectivity index (χ1n) is 4.86. The third-order valence-corrected chi connectivity index (χ3v) is 5.31. The fourth-order valence-corrected chi connectivity index (χ4v) is 3.02. The van der Waals surface area contributed by atoms with Crippen molar-refractivity contribution in [1.29, 1.82) is 0 Å². The van der Waals surface area contributed by atoms with Gasteiger partial charge in [-0.3, -0.25) is 20.2 Å². The quantitative estimate of drug-likeness (QED) is 0.100. The first-order chi connectivity index (χ1) is 10.2. The predicted molar refractivity (Wildman–Crippen MR) is 75.0 cm³/mol. The van der Waals surface area contributed by atoms with Crippen LogP contribution in [0.1, 0.15) is 0 Å². The zero-order chi connectivity index (χ0) is 18.5. The predicted octanol–water partition coefficient (Wildman–Crippen LogP) is 3.75. The number of nitrogens with zero attached hydrogens (tertiary/aromatic N) is 2. The van der Waals surface area contributed by atoms with Gasteiger partial charge in [-0.25, -0.2) is 0 Å². The molecule has 0 aliphatic heterocycles. The molecule has 0 N–H and O–H groups in total. The van der Waals surface area contributed by atoms with Gasteiger partial charge in [0.15, 0.2) is 0 Å². The molecule has 0 saturated carbocycles. The van der Waals surface area contributed by atoms with Gasteiger partial charge >= 0.3 is 12.1 Å². The van der Waals surface area contributed by atoms with E-state index in [1.165, 1.54) is 0 Å². The second kappa shape index (κ2) is 8.92. The number of ether oxygens (including phenoxy) is 2. The van der Waals surface area contributed by atoms with Crippen molar-refractivity contribution < 1.29 is 36.9 Å². The highest BCUT2D eigenvalue weighted by Gasteiger charge is 2.59. The number of halogens is 7.